The Morgan fingerprint density at radius 1 is 1.29 bits per heavy atom. The van der Waals surface area contributed by atoms with Crippen molar-refractivity contribution >= 4 is 0 Å². The van der Waals surface area contributed by atoms with Gasteiger partial charge in [-0.25, -0.2) is 0 Å². The van der Waals surface area contributed by atoms with Crippen LogP contribution in [0.1, 0.15) is 43.8 Å². The number of nitrogens with two attached hydrogens (primary N) is 1. The van der Waals surface area contributed by atoms with E-state index in [0.29, 0.717) is 0 Å². The lowest BCUT2D eigenvalue weighted by molar-refractivity contribution is 0.144. The average molecular weight is 239 g/mol. The van der Waals surface area contributed by atoms with Gasteiger partial charge in [-0.15, -0.1) is 0 Å². The summed E-state index contributed by atoms with van der Waals surface area (Å²) in [6.07, 6.45) is 0. The fourth-order valence-corrected chi connectivity index (χ4v) is 1.99. The van der Waals surface area contributed by atoms with Crippen LogP contribution in [0.5, 0.6) is 0 Å². The van der Waals surface area contributed by atoms with Crippen molar-refractivity contribution in [2.24, 2.45) is 11.1 Å². The van der Waals surface area contributed by atoms with Gasteiger partial charge in [0.1, 0.15) is 0 Å². The molecule has 0 saturated carbocycles. The minimum Gasteiger partial charge on any atom is -0.394 e. The van der Waals surface area contributed by atoms with Gasteiger partial charge in [0.15, 0.2) is 0 Å². The van der Waals surface area contributed by atoms with Gasteiger partial charge >= 0.3 is 0 Å². The van der Waals surface area contributed by atoms with Crippen LogP contribution in [0.25, 0.3) is 0 Å². The van der Waals surface area contributed by atoms with Crippen LogP contribution in [-0.4, -0.2) is 27.5 Å². The maximum atomic E-state index is 9.60. The summed E-state index contributed by atoms with van der Waals surface area (Å²) in [6.45, 7) is 12.3. The summed E-state index contributed by atoms with van der Waals surface area (Å²) in [7, 11) is 0. The van der Waals surface area contributed by atoms with Gasteiger partial charge in [0, 0.05) is 11.7 Å². The fourth-order valence-electron chi connectivity index (χ4n) is 1.99. The molecule has 0 radical (unpaired) electrons. The van der Waals surface area contributed by atoms with E-state index < -0.39 is 0 Å². The average Bonchev–Trinajstić information content (AvgIpc) is 2.46. The third kappa shape index (κ3) is 2.69. The van der Waals surface area contributed by atoms with Crippen molar-refractivity contribution in [3.8, 4) is 0 Å². The van der Waals surface area contributed by atoms with Gasteiger partial charge < -0.3 is 10.8 Å². The smallest absolute Gasteiger partial charge is 0.0908 e. The molecule has 0 saturated heterocycles. The second-order valence-corrected chi connectivity index (χ2v) is 5.88. The molecule has 1 heterocycles. The first-order chi connectivity index (χ1) is 7.70. The molecule has 0 spiro atoms. The van der Waals surface area contributed by atoms with Crippen LogP contribution in [0.3, 0.4) is 0 Å². The van der Waals surface area contributed by atoms with Gasteiger partial charge in [-0.1, -0.05) is 20.8 Å². The zero-order valence-electron chi connectivity index (χ0n) is 11.8. The van der Waals surface area contributed by atoms with Crippen LogP contribution in [0.4, 0.5) is 0 Å². The lowest BCUT2D eigenvalue weighted by Gasteiger charge is -2.34. The first-order valence-corrected chi connectivity index (χ1v) is 6.09. The molecule has 3 N–H and O–H groups in total. The minimum absolute atomic E-state index is 0.0137. The van der Waals surface area contributed by atoms with Gasteiger partial charge in [-0.05, 0) is 31.7 Å². The van der Waals surface area contributed by atoms with Crippen molar-refractivity contribution in [2.45, 2.75) is 53.6 Å². The molecule has 0 amide bonds. The van der Waals surface area contributed by atoms with Crippen molar-refractivity contribution < 1.29 is 5.11 Å². The highest BCUT2D eigenvalue weighted by atomic mass is 16.3. The monoisotopic (exact) mass is 239 g/mol. The van der Waals surface area contributed by atoms with E-state index in [4.69, 9.17) is 5.73 Å². The molecule has 1 rings (SSSR count). The normalized spacial score (nSPS) is 16.0. The summed E-state index contributed by atoms with van der Waals surface area (Å²) in [5.41, 5.74) is 9.44. The van der Waals surface area contributed by atoms with Crippen molar-refractivity contribution in [2.75, 3.05) is 6.61 Å². The van der Waals surface area contributed by atoms with Crippen LogP contribution in [0.2, 0.25) is 0 Å². The molecule has 0 bridgehead atoms. The summed E-state index contributed by atoms with van der Waals surface area (Å²) in [5, 5.41) is 14.1. The maximum Gasteiger partial charge on any atom is 0.0908 e. The van der Waals surface area contributed by atoms with E-state index in [1.165, 1.54) is 5.56 Å². The lowest BCUT2D eigenvalue weighted by atomic mass is 9.83. The largest absolute Gasteiger partial charge is 0.394 e. The number of aliphatic hydroxyl groups is 1. The van der Waals surface area contributed by atoms with Gasteiger partial charge in [-0.2, -0.15) is 5.10 Å². The molecular weight excluding hydrogens is 214 g/mol. The SMILES string of the molecule is Cc1nn(C(CO)C(N)C(C)(C)C)c(C)c1C. The third-order valence-electron chi connectivity index (χ3n) is 3.60. The number of hydrogen-bond donors (Lipinski definition) is 2. The predicted molar refractivity (Wildman–Crippen MR) is 70.0 cm³/mol. The van der Waals surface area contributed by atoms with Gasteiger partial charge in [-0.3, -0.25) is 4.68 Å². The molecule has 0 aliphatic carbocycles. The number of hydrogen-bond acceptors (Lipinski definition) is 3. The van der Waals surface area contributed by atoms with Gasteiger partial charge in [0.05, 0.1) is 18.3 Å². The van der Waals surface area contributed by atoms with E-state index in [9.17, 15) is 5.11 Å². The van der Waals surface area contributed by atoms with Crippen molar-refractivity contribution in [3.63, 3.8) is 0 Å². The fraction of sp³-hybridized carbons (Fsp3) is 0.769. The quantitative estimate of drug-likeness (QED) is 0.844. The number of aliphatic hydroxyl groups excluding tert-OH is 1. The third-order valence-corrected chi connectivity index (χ3v) is 3.60. The molecular formula is C13H25N3O. The van der Waals surface area contributed by atoms with E-state index >= 15 is 0 Å². The van der Waals surface area contributed by atoms with Crippen LogP contribution in [0, 0.1) is 26.2 Å². The summed E-state index contributed by atoms with van der Waals surface area (Å²) < 4.78 is 1.88. The molecule has 1 aromatic heterocycles. The Morgan fingerprint density at radius 3 is 2.12 bits per heavy atom. The number of aromatic nitrogens is 2. The van der Waals surface area contributed by atoms with Gasteiger partial charge in [0.2, 0.25) is 0 Å². The van der Waals surface area contributed by atoms with Crippen molar-refractivity contribution in [1.82, 2.24) is 9.78 Å². The summed E-state index contributed by atoms with van der Waals surface area (Å²) in [5.74, 6) is 0. The topological polar surface area (TPSA) is 64.1 Å². The molecule has 4 heteroatoms. The summed E-state index contributed by atoms with van der Waals surface area (Å²) >= 11 is 0. The van der Waals surface area contributed by atoms with E-state index in [2.05, 4.69) is 25.9 Å². The lowest BCUT2D eigenvalue weighted by Crippen LogP contribution is -2.45. The van der Waals surface area contributed by atoms with E-state index in [-0.39, 0.29) is 24.1 Å². The van der Waals surface area contributed by atoms with Crippen LogP contribution in [0.15, 0.2) is 0 Å². The number of aryl methyl sites for hydroxylation is 1. The molecule has 0 aliphatic heterocycles. The first-order valence-electron chi connectivity index (χ1n) is 6.09. The van der Waals surface area contributed by atoms with E-state index in [1.807, 2.05) is 25.5 Å². The molecule has 2 unspecified atom stereocenters. The van der Waals surface area contributed by atoms with E-state index in [0.717, 1.165) is 11.4 Å². The zero-order valence-corrected chi connectivity index (χ0v) is 11.8. The molecule has 0 fully saturated rings. The molecule has 1 aromatic rings. The molecule has 98 valence electrons. The number of nitrogens with zero attached hydrogens (tertiary/aromatic N) is 2. The molecule has 2 atom stereocenters. The second kappa shape index (κ2) is 4.78. The Bertz CT molecular complexity index is 390. The minimum atomic E-state index is -0.164. The highest BCUT2D eigenvalue weighted by molar-refractivity contribution is 5.23. The van der Waals surface area contributed by atoms with Crippen LogP contribution in [-0.2, 0) is 0 Å². The second-order valence-electron chi connectivity index (χ2n) is 5.88. The first kappa shape index (κ1) is 14.2. The highest BCUT2D eigenvalue weighted by Gasteiger charge is 2.31. The molecule has 0 aromatic carbocycles. The highest BCUT2D eigenvalue weighted by Crippen LogP contribution is 2.28. The zero-order chi connectivity index (χ0) is 13.4. The van der Waals surface area contributed by atoms with Crippen LogP contribution >= 0.6 is 0 Å². The van der Waals surface area contributed by atoms with Gasteiger partial charge in [0.25, 0.3) is 0 Å². The number of rotatable bonds is 3. The molecule has 0 aliphatic rings. The Hall–Kier alpha value is -0.870. The Kier molecular flexibility index (Phi) is 3.99. The van der Waals surface area contributed by atoms with E-state index in [1.54, 1.807) is 0 Å². The molecule has 4 nitrogen and oxygen atoms in total. The Balaban J connectivity index is 3.14. The maximum absolute atomic E-state index is 9.60. The van der Waals surface area contributed by atoms with Crippen LogP contribution < -0.4 is 5.73 Å². The Morgan fingerprint density at radius 2 is 1.82 bits per heavy atom. The summed E-state index contributed by atoms with van der Waals surface area (Å²) in [4.78, 5) is 0. The summed E-state index contributed by atoms with van der Waals surface area (Å²) in [6, 6.07) is -0.299. The van der Waals surface area contributed by atoms with Crippen molar-refractivity contribution in [3.05, 3.63) is 17.0 Å². The van der Waals surface area contributed by atoms with Crippen molar-refractivity contribution in [1.29, 1.82) is 0 Å². The Labute approximate surface area is 104 Å². The predicted octanol–water partition coefficient (Wildman–Crippen LogP) is 1.72. The molecule has 17 heavy (non-hydrogen) atoms. The standard InChI is InChI=1S/C13H25N3O/c1-8-9(2)15-16(10(8)3)11(7-17)12(14)13(4,5)6/h11-12,17H,7,14H2,1-6H3.